The maximum absolute atomic E-state index is 11.6. The predicted octanol–water partition coefficient (Wildman–Crippen LogP) is 1.24. The van der Waals surface area contributed by atoms with Crippen molar-refractivity contribution in [2.75, 3.05) is 0 Å². The van der Waals surface area contributed by atoms with E-state index in [1.165, 1.54) is 6.08 Å². The molecule has 2 aromatic rings. The molecule has 1 aliphatic rings. The quantitative estimate of drug-likeness (QED) is 0.818. The average molecular weight is 294 g/mol. The third-order valence-electron chi connectivity index (χ3n) is 3.39. The summed E-state index contributed by atoms with van der Waals surface area (Å²) in [6.07, 6.45) is 2.81. The molecule has 0 radical (unpaired) electrons. The first-order valence-corrected chi connectivity index (χ1v) is 7.93. The Bertz CT molecular complexity index is 817. The van der Waals surface area contributed by atoms with Gasteiger partial charge in [-0.3, -0.25) is 0 Å². The average Bonchev–Trinajstić information content (AvgIpc) is 2.39. The van der Waals surface area contributed by atoms with Gasteiger partial charge in [-0.15, -0.1) is 0 Å². The van der Waals surface area contributed by atoms with Crippen molar-refractivity contribution in [2.45, 2.75) is 4.08 Å². The van der Waals surface area contributed by atoms with Gasteiger partial charge in [-0.05, 0) is 22.4 Å². The van der Waals surface area contributed by atoms with E-state index in [0.29, 0.717) is 10.9 Å². The molecule has 6 heteroatoms. The van der Waals surface area contributed by atoms with Crippen molar-refractivity contribution in [2.24, 2.45) is 0 Å². The highest BCUT2D eigenvalue weighted by Crippen LogP contribution is 2.40. The monoisotopic (exact) mass is 294 g/mol. The summed E-state index contributed by atoms with van der Waals surface area (Å²) in [7, 11) is -6.35. The van der Waals surface area contributed by atoms with Crippen molar-refractivity contribution in [3.63, 3.8) is 0 Å². The zero-order valence-corrected chi connectivity index (χ0v) is 11.4. The first-order chi connectivity index (χ1) is 9.07. The Morgan fingerprint density at radius 1 is 0.842 bits per heavy atom. The molecule has 1 aliphatic carbocycles. The number of rotatable bonds is 2. The number of hydrogen-bond donors (Lipinski definition) is 2. The van der Waals surface area contributed by atoms with E-state index in [-0.39, 0.29) is 0 Å². The van der Waals surface area contributed by atoms with E-state index in [9.17, 15) is 16.8 Å². The van der Waals surface area contributed by atoms with E-state index in [2.05, 4.69) is 0 Å². The molecule has 0 bridgehead atoms. The molecule has 0 N–H and O–H groups in total. The zero-order valence-electron chi connectivity index (χ0n) is 9.65. The van der Waals surface area contributed by atoms with E-state index < -0.39 is 25.5 Å². The van der Waals surface area contributed by atoms with Crippen LogP contribution < -0.4 is 0 Å². The Morgan fingerprint density at radius 2 is 1.47 bits per heavy atom. The first kappa shape index (κ1) is 12.4. The molecule has 0 heterocycles. The number of thiol groups is 2. The normalized spacial score (nSPS) is 16.3. The van der Waals surface area contributed by atoms with Crippen LogP contribution in [0.5, 0.6) is 0 Å². The lowest BCUT2D eigenvalue weighted by molar-refractivity contribution is 0.586. The van der Waals surface area contributed by atoms with Crippen molar-refractivity contribution in [1.29, 1.82) is 0 Å². The minimum atomic E-state index is -3.18. The molecule has 0 aromatic heterocycles. The summed E-state index contributed by atoms with van der Waals surface area (Å²) in [4.78, 5) is 0. The molecule has 98 valence electrons. The Hall–Kier alpha value is -1.66. The van der Waals surface area contributed by atoms with Gasteiger partial charge in [0.15, 0.2) is 21.4 Å². The van der Waals surface area contributed by atoms with Crippen LogP contribution in [0.4, 0.5) is 0 Å². The van der Waals surface area contributed by atoms with Gasteiger partial charge in [0.05, 0.1) is 0 Å². The molecule has 2 aromatic carbocycles. The molecule has 0 amide bonds. The molecule has 3 rings (SSSR count). The number of benzene rings is 2. The summed E-state index contributed by atoms with van der Waals surface area (Å²) in [5.41, 5.74) is 1.15. The van der Waals surface area contributed by atoms with Crippen LogP contribution in [0.3, 0.4) is 0 Å². The van der Waals surface area contributed by atoms with Crippen LogP contribution in [-0.4, -0.2) is 16.8 Å². The molecular weight excluding hydrogens is 284 g/mol. The van der Waals surface area contributed by atoms with Crippen molar-refractivity contribution >= 4 is 38.3 Å². The van der Waals surface area contributed by atoms with Crippen LogP contribution in [-0.2, 0) is 25.5 Å². The van der Waals surface area contributed by atoms with E-state index in [1.54, 1.807) is 18.2 Å². The smallest absolute Gasteiger partial charge is 0.211 e. The van der Waals surface area contributed by atoms with Crippen LogP contribution in [0, 0.1) is 0 Å². The molecule has 19 heavy (non-hydrogen) atoms. The van der Waals surface area contributed by atoms with E-state index in [0.717, 1.165) is 10.9 Å². The van der Waals surface area contributed by atoms with Gasteiger partial charge in [0.25, 0.3) is 0 Å². The summed E-state index contributed by atoms with van der Waals surface area (Å²) in [6, 6.07) is 10.6. The van der Waals surface area contributed by atoms with Gasteiger partial charge in [-0.25, -0.2) is 16.8 Å². The van der Waals surface area contributed by atoms with E-state index >= 15 is 0 Å². The van der Waals surface area contributed by atoms with E-state index in [4.69, 9.17) is 0 Å². The largest absolute Gasteiger partial charge is 0.230 e. The molecule has 0 saturated carbocycles. The maximum Gasteiger partial charge on any atom is 0.211 e. The molecular formula is C13H10O4S2. The lowest BCUT2D eigenvalue weighted by Crippen LogP contribution is -2.29. The zero-order chi connectivity index (χ0) is 13.6. The van der Waals surface area contributed by atoms with Crippen LogP contribution in [0.2, 0.25) is 0 Å². The first-order valence-electron chi connectivity index (χ1n) is 5.58. The fourth-order valence-electron chi connectivity index (χ4n) is 2.50. The van der Waals surface area contributed by atoms with Crippen LogP contribution in [0.25, 0.3) is 16.8 Å². The summed E-state index contributed by atoms with van der Waals surface area (Å²) < 4.78 is 44.3. The summed E-state index contributed by atoms with van der Waals surface area (Å²) in [6.45, 7) is 0. The fourth-order valence-corrected chi connectivity index (χ4v) is 4.19. The lowest BCUT2D eigenvalue weighted by Gasteiger charge is -2.24. The Kier molecular flexibility index (Phi) is 2.72. The third-order valence-corrected chi connectivity index (χ3v) is 6.26. The second kappa shape index (κ2) is 4.18. The Balaban J connectivity index is 2.56. The minimum absolute atomic E-state index is 0.315. The van der Waals surface area contributed by atoms with Crippen molar-refractivity contribution in [3.05, 3.63) is 53.6 Å². The van der Waals surface area contributed by atoms with Gasteiger partial charge >= 0.3 is 0 Å². The summed E-state index contributed by atoms with van der Waals surface area (Å²) in [5, 5.41) is 1.52. The van der Waals surface area contributed by atoms with Gasteiger partial charge < -0.3 is 0 Å². The number of hydrogen-bond acceptors (Lipinski definition) is 4. The molecule has 0 fully saturated rings. The third kappa shape index (κ3) is 1.56. The maximum atomic E-state index is 11.6. The molecule has 0 aliphatic heterocycles. The molecule has 4 nitrogen and oxygen atoms in total. The van der Waals surface area contributed by atoms with Crippen molar-refractivity contribution < 1.29 is 16.8 Å². The highest BCUT2D eigenvalue weighted by molar-refractivity contribution is 7.92. The highest BCUT2D eigenvalue weighted by Gasteiger charge is 2.41. The van der Waals surface area contributed by atoms with Gasteiger partial charge in [-0.1, -0.05) is 42.5 Å². The fraction of sp³-hybridized carbons (Fsp3) is 0.0769. The van der Waals surface area contributed by atoms with Crippen LogP contribution in [0.15, 0.2) is 42.5 Å². The Morgan fingerprint density at radius 3 is 2.11 bits per heavy atom. The van der Waals surface area contributed by atoms with Gasteiger partial charge in [0.1, 0.15) is 0 Å². The SMILES string of the molecule is O=[SH](=O)C1([SH](=O)=O)C=Cc2cccc3cccc1c23. The summed E-state index contributed by atoms with van der Waals surface area (Å²) >= 11 is 0. The predicted molar refractivity (Wildman–Crippen MR) is 75.3 cm³/mol. The molecule has 0 atom stereocenters. The Labute approximate surface area is 113 Å². The van der Waals surface area contributed by atoms with Gasteiger partial charge in [0.2, 0.25) is 4.08 Å². The van der Waals surface area contributed by atoms with Crippen molar-refractivity contribution in [3.8, 4) is 0 Å². The second-order valence-electron chi connectivity index (χ2n) is 4.32. The van der Waals surface area contributed by atoms with Crippen molar-refractivity contribution in [1.82, 2.24) is 0 Å². The van der Waals surface area contributed by atoms with Gasteiger partial charge in [0, 0.05) is 5.56 Å². The van der Waals surface area contributed by atoms with E-state index in [1.807, 2.05) is 24.3 Å². The summed E-state index contributed by atoms with van der Waals surface area (Å²) in [5.74, 6) is 0. The van der Waals surface area contributed by atoms with Gasteiger partial charge in [-0.2, -0.15) is 0 Å². The lowest BCUT2D eigenvalue weighted by atomic mass is 9.92. The standard InChI is InChI=1S/C13H10O4S2/c14-18(15)13(19(16)17)8-7-10-4-1-3-9-5-2-6-11(13)12(9)10/h1-8,18-19H. The molecule has 0 saturated heterocycles. The molecule has 0 unspecified atom stereocenters. The second-order valence-corrected chi connectivity index (χ2v) is 7.12. The van der Waals surface area contributed by atoms with Crippen LogP contribution in [0.1, 0.15) is 11.1 Å². The minimum Gasteiger partial charge on any atom is -0.230 e. The topological polar surface area (TPSA) is 68.3 Å². The highest BCUT2D eigenvalue weighted by atomic mass is 32.2. The molecule has 0 spiro atoms. The van der Waals surface area contributed by atoms with Crippen LogP contribution >= 0.6 is 0 Å².